The van der Waals surface area contributed by atoms with Crippen molar-refractivity contribution in [2.24, 2.45) is 5.73 Å². The molecule has 21 heavy (non-hydrogen) atoms. The van der Waals surface area contributed by atoms with Crippen LogP contribution in [-0.4, -0.2) is 43.3 Å². The third-order valence-corrected chi connectivity index (χ3v) is 4.58. The molecule has 0 bridgehead atoms. The van der Waals surface area contributed by atoms with E-state index >= 15 is 0 Å². The van der Waals surface area contributed by atoms with Crippen LogP contribution in [0.15, 0.2) is 30.3 Å². The van der Waals surface area contributed by atoms with E-state index in [4.69, 9.17) is 10.5 Å². The highest BCUT2D eigenvalue weighted by Gasteiger charge is 2.29. The molecule has 3 atom stereocenters. The minimum atomic E-state index is 0.385. The summed E-state index contributed by atoms with van der Waals surface area (Å²) in [6, 6.07) is 11.1. The fraction of sp³-hybridized carbons (Fsp3) is 0.667. The second-order valence-corrected chi connectivity index (χ2v) is 6.13. The second kappa shape index (κ2) is 8.52. The van der Waals surface area contributed by atoms with Crippen molar-refractivity contribution in [3.05, 3.63) is 35.9 Å². The number of piperidine rings is 1. The van der Waals surface area contributed by atoms with Gasteiger partial charge in [0.05, 0.1) is 6.10 Å². The highest BCUT2D eigenvalue weighted by molar-refractivity contribution is 5.20. The fourth-order valence-electron chi connectivity index (χ4n) is 3.34. The van der Waals surface area contributed by atoms with Gasteiger partial charge in [0, 0.05) is 25.7 Å². The Morgan fingerprint density at radius 2 is 2.10 bits per heavy atom. The van der Waals surface area contributed by atoms with E-state index in [0.717, 1.165) is 26.1 Å². The maximum atomic E-state index is 6.10. The van der Waals surface area contributed by atoms with Gasteiger partial charge in [-0.2, -0.15) is 0 Å². The number of likely N-dealkylation sites (tertiary alicyclic amines) is 1. The first-order valence-electron chi connectivity index (χ1n) is 8.37. The van der Waals surface area contributed by atoms with Gasteiger partial charge < -0.3 is 10.5 Å². The molecule has 1 fully saturated rings. The molecule has 0 amide bonds. The van der Waals surface area contributed by atoms with Crippen molar-refractivity contribution in [1.29, 1.82) is 0 Å². The van der Waals surface area contributed by atoms with Gasteiger partial charge in [-0.05, 0) is 37.3 Å². The lowest BCUT2D eigenvalue weighted by Crippen LogP contribution is -2.50. The molecule has 1 saturated heterocycles. The molecule has 0 aliphatic carbocycles. The standard InChI is InChI=1S/C18H30N2O/c1-3-12-21-17-10-7-11-20(14-17)18(13-19)15(2)16-8-5-4-6-9-16/h4-6,8-9,15,17-18H,3,7,10-14,19H2,1-2H3. The summed E-state index contributed by atoms with van der Waals surface area (Å²) in [5.41, 5.74) is 7.48. The lowest BCUT2D eigenvalue weighted by Gasteiger charge is -2.40. The highest BCUT2D eigenvalue weighted by atomic mass is 16.5. The normalized spacial score (nSPS) is 22.9. The molecule has 0 aromatic heterocycles. The summed E-state index contributed by atoms with van der Waals surface area (Å²) >= 11 is 0. The van der Waals surface area contributed by atoms with E-state index in [9.17, 15) is 0 Å². The van der Waals surface area contributed by atoms with Crippen molar-refractivity contribution in [2.75, 3.05) is 26.2 Å². The summed E-state index contributed by atoms with van der Waals surface area (Å²) in [4.78, 5) is 2.54. The Labute approximate surface area is 129 Å². The van der Waals surface area contributed by atoms with Gasteiger partial charge in [0.1, 0.15) is 0 Å². The van der Waals surface area contributed by atoms with Crippen molar-refractivity contribution in [2.45, 2.75) is 51.2 Å². The van der Waals surface area contributed by atoms with Gasteiger partial charge in [0.25, 0.3) is 0 Å². The van der Waals surface area contributed by atoms with Gasteiger partial charge in [-0.3, -0.25) is 4.90 Å². The minimum absolute atomic E-state index is 0.385. The summed E-state index contributed by atoms with van der Waals surface area (Å²) < 4.78 is 5.96. The van der Waals surface area contributed by atoms with Crippen LogP contribution < -0.4 is 5.73 Å². The molecule has 1 aliphatic rings. The summed E-state index contributed by atoms with van der Waals surface area (Å²) in [5, 5.41) is 0. The average molecular weight is 290 g/mol. The average Bonchev–Trinajstić information content (AvgIpc) is 2.55. The minimum Gasteiger partial charge on any atom is -0.377 e. The summed E-state index contributed by atoms with van der Waals surface area (Å²) in [5.74, 6) is 0.459. The first-order valence-corrected chi connectivity index (χ1v) is 8.37. The first kappa shape index (κ1) is 16.5. The molecule has 1 heterocycles. The number of benzene rings is 1. The molecule has 0 radical (unpaired) electrons. The molecule has 0 spiro atoms. The maximum Gasteiger partial charge on any atom is 0.0702 e. The van der Waals surface area contributed by atoms with Crippen molar-refractivity contribution in [3.8, 4) is 0 Å². The van der Waals surface area contributed by atoms with Crippen LogP contribution in [0.5, 0.6) is 0 Å². The summed E-state index contributed by atoms with van der Waals surface area (Å²) in [6.07, 6.45) is 3.88. The van der Waals surface area contributed by atoms with E-state index in [1.54, 1.807) is 0 Å². The van der Waals surface area contributed by atoms with E-state index in [1.807, 2.05) is 0 Å². The van der Waals surface area contributed by atoms with Gasteiger partial charge in [-0.1, -0.05) is 44.2 Å². The second-order valence-electron chi connectivity index (χ2n) is 6.13. The Bertz CT molecular complexity index is 395. The van der Waals surface area contributed by atoms with Crippen LogP contribution in [-0.2, 0) is 4.74 Å². The third-order valence-electron chi connectivity index (χ3n) is 4.58. The Morgan fingerprint density at radius 1 is 1.33 bits per heavy atom. The topological polar surface area (TPSA) is 38.5 Å². The fourth-order valence-corrected chi connectivity index (χ4v) is 3.34. The van der Waals surface area contributed by atoms with E-state index in [2.05, 4.69) is 49.1 Å². The van der Waals surface area contributed by atoms with Gasteiger partial charge in [-0.25, -0.2) is 0 Å². The van der Waals surface area contributed by atoms with E-state index < -0.39 is 0 Å². The smallest absolute Gasteiger partial charge is 0.0702 e. The summed E-state index contributed by atoms with van der Waals surface area (Å²) in [6.45, 7) is 8.21. The SMILES string of the molecule is CCCOC1CCCN(C(CN)C(C)c2ccccc2)C1. The molecule has 3 heteroatoms. The third kappa shape index (κ3) is 4.53. The molecule has 1 aromatic rings. The van der Waals surface area contributed by atoms with Crippen molar-refractivity contribution < 1.29 is 4.74 Å². The molecule has 3 nitrogen and oxygen atoms in total. The number of hydrogen-bond acceptors (Lipinski definition) is 3. The Morgan fingerprint density at radius 3 is 2.76 bits per heavy atom. The molecule has 2 N–H and O–H groups in total. The number of nitrogens with zero attached hydrogens (tertiary/aromatic N) is 1. The zero-order valence-electron chi connectivity index (χ0n) is 13.5. The molecule has 3 unspecified atom stereocenters. The molecule has 1 aromatic carbocycles. The van der Waals surface area contributed by atoms with Gasteiger partial charge in [-0.15, -0.1) is 0 Å². The lowest BCUT2D eigenvalue weighted by atomic mass is 9.90. The quantitative estimate of drug-likeness (QED) is 0.839. The van der Waals surface area contributed by atoms with Crippen LogP contribution in [0.25, 0.3) is 0 Å². The van der Waals surface area contributed by atoms with Crippen LogP contribution in [0.2, 0.25) is 0 Å². The summed E-state index contributed by atoms with van der Waals surface area (Å²) in [7, 11) is 0. The Kier molecular flexibility index (Phi) is 6.68. The van der Waals surface area contributed by atoms with Crippen molar-refractivity contribution >= 4 is 0 Å². The number of rotatable bonds is 7. The number of nitrogens with two attached hydrogens (primary N) is 1. The zero-order valence-corrected chi connectivity index (χ0v) is 13.5. The number of ether oxygens (including phenoxy) is 1. The predicted octanol–water partition coefficient (Wildman–Crippen LogP) is 3.01. The van der Waals surface area contributed by atoms with Crippen molar-refractivity contribution in [3.63, 3.8) is 0 Å². The van der Waals surface area contributed by atoms with Gasteiger partial charge >= 0.3 is 0 Å². The van der Waals surface area contributed by atoms with E-state index in [1.165, 1.54) is 18.4 Å². The zero-order chi connectivity index (χ0) is 15.1. The lowest BCUT2D eigenvalue weighted by molar-refractivity contribution is -0.0142. The van der Waals surface area contributed by atoms with E-state index in [-0.39, 0.29) is 0 Å². The van der Waals surface area contributed by atoms with Crippen molar-refractivity contribution in [1.82, 2.24) is 4.90 Å². The van der Waals surface area contributed by atoms with Crippen LogP contribution in [0.4, 0.5) is 0 Å². The predicted molar refractivity (Wildman–Crippen MR) is 88.5 cm³/mol. The van der Waals surface area contributed by atoms with Crippen LogP contribution >= 0.6 is 0 Å². The Hall–Kier alpha value is -0.900. The Balaban J connectivity index is 1.99. The molecule has 0 saturated carbocycles. The van der Waals surface area contributed by atoms with Crippen LogP contribution in [0, 0.1) is 0 Å². The van der Waals surface area contributed by atoms with Crippen LogP contribution in [0.1, 0.15) is 44.6 Å². The number of hydrogen-bond donors (Lipinski definition) is 1. The molecule has 118 valence electrons. The largest absolute Gasteiger partial charge is 0.377 e. The molecular formula is C18H30N2O. The van der Waals surface area contributed by atoms with E-state index in [0.29, 0.717) is 24.6 Å². The first-order chi connectivity index (χ1) is 10.3. The molecule has 2 rings (SSSR count). The highest BCUT2D eigenvalue weighted by Crippen LogP contribution is 2.25. The van der Waals surface area contributed by atoms with Gasteiger partial charge in [0.2, 0.25) is 0 Å². The maximum absolute atomic E-state index is 6.10. The van der Waals surface area contributed by atoms with Crippen LogP contribution in [0.3, 0.4) is 0 Å². The monoisotopic (exact) mass is 290 g/mol. The molecule has 1 aliphatic heterocycles. The van der Waals surface area contributed by atoms with Gasteiger partial charge in [0.15, 0.2) is 0 Å². The molecular weight excluding hydrogens is 260 g/mol.